The van der Waals surface area contributed by atoms with Gasteiger partial charge in [0, 0.05) is 11.8 Å². The number of carbonyl (C=O) groups is 2. The van der Waals surface area contributed by atoms with Crippen molar-refractivity contribution < 1.29 is 14.3 Å². The van der Waals surface area contributed by atoms with Crippen LogP contribution in [0.15, 0.2) is 17.5 Å². The zero-order valence-corrected chi connectivity index (χ0v) is 8.60. The number of thiophene rings is 1. The molecule has 0 saturated carbocycles. The minimum atomic E-state index is -0.332. The molecule has 0 aliphatic carbocycles. The Morgan fingerprint density at radius 3 is 2.93 bits per heavy atom. The summed E-state index contributed by atoms with van der Waals surface area (Å²) in [6.45, 7) is 1.31. The number of amides is 1. The first-order chi connectivity index (χ1) is 6.68. The molecule has 0 aromatic carbocycles. The van der Waals surface area contributed by atoms with Gasteiger partial charge in [0.25, 0.3) is 0 Å². The van der Waals surface area contributed by atoms with Gasteiger partial charge in [0.15, 0.2) is 6.73 Å². The number of nitrogens with one attached hydrogen (secondary N) is 1. The lowest BCUT2D eigenvalue weighted by atomic mass is 10.3. The fourth-order valence-corrected chi connectivity index (χ4v) is 1.51. The Kier molecular flexibility index (Phi) is 4.12. The van der Waals surface area contributed by atoms with Gasteiger partial charge in [0.05, 0.1) is 6.42 Å². The van der Waals surface area contributed by atoms with Gasteiger partial charge >= 0.3 is 5.97 Å². The van der Waals surface area contributed by atoms with Crippen LogP contribution in [0, 0.1) is 0 Å². The molecule has 1 N–H and O–H groups in total. The second-order valence-corrected chi connectivity index (χ2v) is 3.68. The molecule has 0 unspecified atom stereocenters. The summed E-state index contributed by atoms with van der Waals surface area (Å²) in [6, 6.07) is 3.74. The van der Waals surface area contributed by atoms with Gasteiger partial charge in [-0.05, 0) is 11.4 Å². The first-order valence-corrected chi connectivity index (χ1v) is 4.99. The van der Waals surface area contributed by atoms with E-state index in [1.54, 1.807) is 0 Å². The van der Waals surface area contributed by atoms with E-state index in [1.807, 2.05) is 17.5 Å². The van der Waals surface area contributed by atoms with Gasteiger partial charge in [-0.3, -0.25) is 9.59 Å². The molecule has 1 heterocycles. The predicted molar refractivity (Wildman–Crippen MR) is 52.8 cm³/mol. The highest BCUT2D eigenvalue weighted by Crippen LogP contribution is 2.09. The summed E-state index contributed by atoms with van der Waals surface area (Å²) in [7, 11) is 0. The third-order valence-electron chi connectivity index (χ3n) is 1.45. The number of hydrogen-bond donors (Lipinski definition) is 1. The van der Waals surface area contributed by atoms with Crippen molar-refractivity contribution in [3.63, 3.8) is 0 Å². The van der Waals surface area contributed by atoms with Crippen molar-refractivity contribution >= 4 is 23.2 Å². The normalized spacial score (nSPS) is 9.50. The van der Waals surface area contributed by atoms with Crippen molar-refractivity contribution in [2.75, 3.05) is 6.73 Å². The topological polar surface area (TPSA) is 55.4 Å². The van der Waals surface area contributed by atoms with Crippen molar-refractivity contribution in [2.45, 2.75) is 13.3 Å². The molecule has 1 amide bonds. The van der Waals surface area contributed by atoms with Crippen LogP contribution in [-0.2, 0) is 20.7 Å². The van der Waals surface area contributed by atoms with Crippen LogP contribution in [0.5, 0.6) is 0 Å². The van der Waals surface area contributed by atoms with E-state index in [2.05, 4.69) is 5.32 Å². The summed E-state index contributed by atoms with van der Waals surface area (Å²) in [5, 5.41) is 4.28. The maximum absolute atomic E-state index is 11.1. The Balaban J connectivity index is 2.20. The number of rotatable bonds is 4. The van der Waals surface area contributed by atoms with Gasteiger partial charge in [-0.2, -0.15) is 0 Å². The van der Waals surface area contributed by atoms with Gasteiger partial charge in [0.2, 0.25) is 5.91 Å². The largest absolute Gasteiger partial charge is 0.444 e. The van der Waals surface area contributed by atoms with Gasteiger partial charge < -0.3 is 10.1 Å². The highest BCUT2D eigenvalue weighted by atomic mass is 32.1. The summed E-state index contributed by atoms with van der Waals surface area (Å²) in [6.07, 6.45) is 0.261. The van der Waals surface area contributed by atoms with Crippen molar-refractivity contribution in [1.29, 1.82) is 0 Å². The molecule has 0 saturated heterocycles. The lowest BCUT2D eigenvalue weighted by Crippen LogP contribution is -2.25. The second-order valence-electron chi connectivity index (χ2n) is 2.65. The summed E-state index contributed by atoms with van der Waals surface area (Å²) in [4.78, 5) is 22.5. The van der Waals surface area contributed by atoms with Crippen LogP contribution >= 0.6 is 11.3 Å². The summed E-state index contributed by atoms with van der Waals surface area (Å²) in [5.74, 6) is -0.546. The summed E-state index contributed by atoms with van der Waals surface area (Å²) >= 11 is 1.50. The highest BCUT2D eigenvalue weighted by molar-refractivity contribution is 7.10. The molecule has 0 spiro atoms. The lowest BCUT2D eigenvalue weighted by molar-refractivity contribution is -0.144. The van der Waals surface area contributed by atoms with Crippen LogP contribution < -0.4 is 5.32 Å². The van der Waals surface area contributed by atoms with Crippen molar-refractivity contribution in [1.82, 2.24) is 5.32 Å². The smallest absolute Gasteiger partial charge is 0.312 e. The van der Waals surface area contributed by atoms with Crippen LogP contribution in [0.2, 0.25) is 0 Å². The number of hydrogen-bond acceptors (Lipinski definition) is 4. The standard InChI is InChI=1S/C9H11NO3S/c1-7(11)10-6-13-9(12)5-8-3-2-4-14-8/h2-4H,5-6H2,1H3,(H,10,11). The number of carbonyl (C=O) groups excluding carboxylic acids is 2. The molecule has 5 heteroatoms. The average Bonchev–Trinajstić information content (AvgIpc) is 2.56. The molecular formula is C9H11NO3S. The Morgan fingerprint density at radius 2 is 2.36 bits per heavy atom. The molecular weight excluding hydrogens is 202 g/mol. The Hall–Kier alpha value is -1.36. The molecule has 0 fully saturated rings. The van der Waals surface area contributed by atoms with E-state index in [4.69, 9.17) is 4.74 Å². The molecule has 4 nitrogen and oxygen atoms in total. The van der Waals surface area contributed by atoms with E-state index < -0.39 is 0 Å². The quantitative estimate of drug-likeness (QED) is 0.598. The van der Waals surface area contributed by atoms with Gasteiger partial charge in [-0.1, -0.05) is 6.07 Å². The van der Waals surface area contributed by atoms with Gasteiger partial charge in [-0.25, -0.2) is 0 Å². The molecule has 1 rings (SSSR count). The zero-order chi connectivity index (χ0) is 10.4. The second kappa shape index (κ2) is 5.39. The lowest BCUT2D eigenvalue weighted by Gasteiger charge is -2.03. The van der Waals surface area contributed by atoms with E-state index in [1.165, 1.54) is 18.3 Å². The minimum Gasteiger partial charge on any atom is -0.444 e. The van der Waals surface area contributed by atoms with Crippen molar-refractivity contribution in [3.05, 3.63) is 22.4 Å². The predicted octanol–water partition coefficient (Wildman–Crippen LogP) is 0.927. The van der Waals surface area contributed by atoms with E-state index in [9.17, 15) is 9.59 Å². The maximum atomic E-state index is 11.1. The van der Waals surface area contributed by atoms with E-state index in [0.29, 0.717) is 0 Å². The van der Waals surface area contributed by atoms with Crippen molar-refractivity contribution in [3.8, 4) is 0 Å². The fraction of sp³-hybridized carbons (Fsp3) is 0.333. The summed E-state index contributed by atoms with van der Waals surface area (Å²) < 4.78 is 4.76. The third-order valence-corrected chi connectivity index (χ3v) is 2.33. The fourth-order valence-electron chi connectivity index (χ4n) is 0.825. The molecule has 0 aliphatic rings. The monoisotopic (exact) mass is 213 g/mol. The summed E-state index contributed by atoms with van der Waals surface area (Å²) in [5.41, 5.74) is 0. The molecule has 76 valence electrons. The molecule has 14 heavy (non-hydrogen) atoms. The molecule has 1 aromatic rings. The van der Waals surface area contributed by atoms with Gasteiger partial charge in [0.1, 0.15) is 0 Å². The van der Waals surface area contributed by atoms with Crippen LogP contribution in [0.25, 0.3) is 0 Å². The molecule has 0 atom stereocenters. The van der Waals surface area contributed by atoms with E-state index in [0.717, 1.165) is 4.88 Å². The first-order valence-electron chi connectivity index (χ1n) is 4.11. The number of esters is 1. The van der Waals surface area contributed by atoms with Crippen LogP contribution in [-0.4, -0.2) is 18.6 Å². The SMILES string of the molecule is CC(=O)NCOC(=O)Cc1cccs1. The van der Waals surface area contributed by atoms with Gasteiger partial charge in [-0.15, -0.1) is 11.3 Å². The Morgan fingerprint density at radius 1 is 1.57 bits per heavy atom. The molecule has 0 bridgehead atoms. The maximum Gasteiger partial charge on any atom is 0.312 e. The Bertz CT molecular complexity index is 308. The zero-order valence-electron chi connectivity index (χ0n) is 7.78. The van der Waals surface area contributed by atoms with E-state index >= 15 is 0 Å². The van der Waals surface area contributed by atoms with Crippen LogP contribution in [0.4, 0.5) is 0 Å². The average molecular weight is 213 g/mol. The highest BCUT2D eigenvalue weighted by Gasteiger charge is 2.04. The van der Waals surface area contributed by atoms with Crippen LogP contribution in [0.1, 0.15) is 11.8 Å². The molecule has 0 aliphatic heterocycles. The van der Waals surface area contributed by atoms with Crippen molar-refractivity contribution in [2.24, 2.45) is 0 Å². The first kappa shape index (κ1) is 10.7. The minimum absolute atomic E-state index is 0.0560. The number of ether oxygens (including phenoxy) is 1. The van der Waals surface area contributed by atoms with E-state index in [-0.39, 0.29) is 25.0 Å². The molecule has 0 radical (unpaired) electrons. The third kappa shape index (κ3) is 4.04. The Labute approximate surface area is 85.9 Å². The molecule has 1 aromatic heterocycles. The van der Waals surface area contributed by atoms with Crippen LogP contribution in [0.3, 0.4) is 0 Å².